The Morgan fingerprint density at radius 2 is 2.06 bits per heavy atom. The molecule has 0 fully saturated rings. The van der Waals surface area contributed by atoms with E-state index in [9.17, 15) is 0 Å². The fourth-order valence-electron chi connectivity index (χ4n) is 1.47. The summed E-state index contributed by atoms with van der Waals surface area (Å²) in [5.41, 5.74) is 7.52. The lowest BCUT2D eigenvalue weighted by Gasteiger charge is -2.08. The Labute approximate surface area is 111 Å². The number of nitrogen functional groups attached to an aromatic ring is 1. The van der Waals surface area contributed by atoms with E-state index in [1.54, 1.807) is 24.2 Å². The number of pyridine rings is 1. The minimum absolute atomic E-state index is 0.319. The number of anilines is 1. The third-order valence-corrected chi connectivity index (χ3v) is 3.40. The minimum Gasteiger partial charge on any atom is -0.397 e. The van der Waals surface area contributed by atoms with Crippen LogP contribution in [0.1, 0.15) is 31.3 Å². The first-order chi connectivity index (χ1) is 8.56. The molecule has 0 radical (unpaired) electrons. The molecule has 0 aliphatic heterocycles. The van der Waals surface area contributed by atoms with Gasteiger partial charge in [0.25, 0.3) is 0 Å². The second-order valence-electron chi connectivity index (χ2n) is 4.38. The number of hydrogen-bond donors (Lipinski definition) is 1. The molecule has 18 heavy (non-hydrogen) atoms. The molecule has 0 saturated heterocycles. The second kappa shape index (κ2) is 5.35. The first kappa shape index (κ1) is 12.8. The van der Waals surface area contributed by atoms with Gasteiger partial charge in [0, 0.05) is 22.7 Å². The van der Waals surface area contributed by atoms with Crippen LogP contribution in [0.15, 0.2) is 34.4 Å². The van der Waals surface area contributed by atoms with Crippen molar-refractivity contribution in [2.75, 3.05) is 5.73 Å². The van der Waals surface area contributed by atoms with Crippen LogP contribution in [0.2, 0.25) is 0 Å². The third-order valence-electron chi connectivity index (χ3n) is 2.39. The summed E-state index contributed by atoms with van der Waals surface area (Å²) in [5, 5.41) is 0.920. The van der Waals surface area contributed by atoms with Crippen molar-refractivity contribution in [1.82, 2.24) is 15.0 Å². The summed E-state index contributed by atoms with van der Waals surface area (Å²) >= 11 is 1.54. The van der Waals surface area contributed by atoms with Crippen molar-refractivity contribution in [2.45, 2.75) is 36.6 Å². The van der Waals surface area contributed by atoms with Crippen LogP contribution < -0.4 is 5.73 Å². The van der Waals surface area contributed by atoms with Crippen LogP contribution in [0.25, 0.3) is 0 Å². The summed E-state index contributed by atoms with van der Waals surface area (Å²) in [6.45, 7) is 6.15. The summed E-state index contributed by atoms with van der Waals surface area (Å²) in [6.07, 6.45) is 3.38. The SMILES string of the molecule is Cc1cc(Sc2ccncc2N)nc(C(C)C)n1. The summed E-state index contributed by atoms with van der Waals surface area (Å²) < 4.78 is 0. The number of rotatable bonds is 3. The zero-order valence-corrected chi connectivity index (χ0v) is 11.5. The normalized spacial score (nSPS) is 10.9. The molecule has 0 aliphatic carbocycles. The van der Waals surface area contributed by atoms with Crippen LogP contribution in [0.5, 0.6) is 0 Å². The van der Waals surface area contributed by atoms with Gasteiger partial charge in [-0.3, -0.25) is 4.98 Å². The van der Waals surface area contributed by atoms with Crippen LogP contribution in [0.4, 0.5) is 5.69 Å². The summed E-state index contributed by atoms with van der Waals surface area (Å²) in [5.74, 6) is 1.18. The number of nitrogens with two attached hydrogens (primary N) is 1. The van der Waals surface area contributed by atoms with Crippen LogP contribution in [-0.2, 0) is 0 Å². The maximum Gasteiger partial charge on any atom is 0.132 e. The van der Waals surface area contributed by atoms with Gasteiger partial charge in [-0.25, -0.2) is 9.97 Å². The lowest BCUT2D eigenvalue weighted by molar-refractivity contribution is 0.744. The highest BCUT2D eigenvalue weighted by atomic mass is 32.2. The van der Waals surface area contributed by atoms with Gasteiger partial charge in [0.1, 0.15) is 10.9 Å². The number of nitrogens with zero attached hydrogens (tertiary/aromatic N) is 3. The molecule has 2 heterocycles. The molecule has 0 amide bonds. The van der Waals surface area contributed by atoms with E-state index >= 15 is 0 Å². The summed E-state index contributed by atoms with van der Waals surface area (Å²) in [7, 11) is 0. The Kier molecular flexibility index (Phi) is 3.81. The monoisotopic (exact) mass is 260 g/mol. The average Bonchev–Trinajstić information content (AvgIpc) is 2.31. The maximum atomic E-state index is 5.88. The Morgan fingerprint density at radius 1 is 1.28 bits per heavy atom. The van der Waals surface area contributed by atoms with E-state index in [2.05, 4.69) is 28.8 Å². The third kappa shape index (κ3) is 2.98. The van der Waals surface area contributed by atoms with Gasteiger partial charge in [-0.05, 0) is 19.1 Å². The Morgan fingerprint density at radius 3 is 2.72 bits per heavy atom. The smallest absolute Gasteiger partial charge is 0.132 e. The highest BCUT2D eigenvalue weighted by Crippen LogP contribution is 2.30. The molecule has 2 aromatic rings. The topological polar surface area (TPSA) is 64.7 Å². The van der Waals surface area contributed by atoms with Crippen molar-refractivity contribution in [2.24, 2.45) is 0 Å². The fourth-order valence-corrected chi connectivity index (χ4v) is 2.37. The second-order valence-corrected chi connectivity index (χ2v) is 5.44. The molecule has 0 aromatic carbocycles. The standard InChI is InChI=1S/C13H16N4S/c1-8(2)13-16-9(3)6-12(17-13)18-11-4-5-15-7-10(11)14/h4-8H,14H2,1-3H3. The van der Waals surface area contributed by atoms with Gasteiger partial charge in [0.05, 0.1) is 11.9 Å². The molecule has 2 aromatic heterocycles. The fraction of sp³-hybridized carbons (Fsp3) is 0.308. The average molecular weight is 260 g/mol. The van der Waals surface area contributed by atoms with Gasteiger partial charge >= 0.3 is 0 Å². The van der Waals surface area contributed by atoms with E-state index in [0.717, 1.165) is 21.4 Å². The molecule has 0 atom stereocenters. The summed E-state index contributed by atoms with van der Waals surface area (Å²) in [4.78, 5) is 13.9. The quantitative estimate of drug-likeness (QED) is 0.859. The highest BCUT2D eigenvalue weighted by molar-refractivity contribution is 7.99. The van der Waals surface area contributed by atoms with Crippen molar-refractivity contribution in [3.63, 3.8) is 0 Å². The molecular formula is C13H16N4S. The van der Waals surface area contributed by atoms with Crippen molar-refractivity contribution in [3.8, 4) is 0 Å². The van der Waals surface area contributed by atoms with E-state index in [0.29, 0.717) is 11.6 Å². The van der Waals surface area contributed by atoms with Crippen LogP contribution in [0, 0.1) is 6.92 Å². The lowest BCUT2D eigenvalue weighted by atomic mass is 10.2. The predicted octanol–water partition coefficient (Wildman–Crippen LogP) is 3.04. The van der Waals surface area contributed by atoms with Crippen molar-refractivity contribution < 1.29 is 0 Å². The molecule has 94 valence electrons. The van der Waals surface area contributed by atoms with Crippen molar-refractivity contribution in [1.29, 1.82) is 0 Å². The van der Waals surface area contributed by atoms with Gasteiger partial charge in [0.15, 0.2) is 0 Å². The van der Waals surface area contributed by atoms with Crippen LogP contribution in [-0.4, -0.2) is 15.0 Å². The first-order valence-corrected chi connectivity index (χ1v) is 6.61. The van der Waals surface area contributed by atoms with E-state index in [4.69, 9.17) is 5.73 Å². The molecule has 4 nitrogen and oxygen atoms in total. The van der Waals surface area contributed by atoms with Crippen LogP contribution >= 0.6 is 11.8 Å². The molecule has 0 spiro atoms. The zero-order valence-electron chi connectivity index (χ0n) is 10.7. The molecule has 0 unspecified atom stereocenters. The van der Waals surface area contributed by atoms with Crippen molar-refractivity contribution >= 4 is 17.4 Å². The van der Waals surface area contributed by atoms with Gasteiger partial charge in [-0.1, -0.05) is 25.6 Å². The number of hydrogen-bond acceptors (Lipinski definition) is 5. The molecule has 0 saturated carbocycles. The van der Waals surface area contributed by atoms with E-state index in [1.165, 1.54) is 0 Å². The zero-order chi connectivity index (χ0) is 13.1. The molecule has 5 heteroatoms. The number of aryl methyl sites for hydroxylation is 1. The Hall–Kier alpha value is -1.62. The van der Waals surface area contributed by atoms with E-state index in [1.807, 2.05) is 19.1 Å². The molecule has 2 N–H and O–H groups in total. The summed E-state index contributed by atoms with van der Waals surface area (Å²) in [6, 6.07) is 3.86. The molecule has 0 bridgehead atoms. The van der Waals surface area contributed by atoms with Crippen molar-refractivity contribution in [3.05, 3.63) is 36.0 Å². The van der Waals surface area contributed by atoms with Gasteiger partial charge in [0.2, 0.25) is 0 Å². The van der Waals surface area contributed by atoms with Gasteiger partial charge in [-0.2, -0.15) is 0 Å². The number of aromatic nitrogens is 3. The predicted molar refractivity (Wildman–Crippen MR) is 73.6 cm³/mol. The minimum atomic E-state index is 0.319. The van der Waals surface area contributed by atoms with Gasteiger partial charge < -0.3 is 5.73 Å². The Balaban J connectivity index is 2.32. The molecular weight excluding hydrogens is 244 g/mol. The first-order valence-electron chi connectivity index (χ1n) is 5.79. The van der Waals surface area contributed by atoms with E-state index < -0.39 is 0 Å². The highest BCUT2D eigenvalue weighted by Gasteiger charge is 2.08. The van der Waals surface area contributed by atoms with Crippen LogP contribution in [0.3, 0.4) is 0 Å². The Bertz CT molecular complexity index is 554. The lowest BCUT2D eigenvalue weighted by Crippen LogP contribution is -2.00. The molecule has 0 aliphatic rings. The van der Waals surface area contributed by atoms with E-state index in [-0.39, 0.29) is 0 Å². The molecule has 2 rings (SSSR count). The van der Waals surface area contributed by atoms with Gasteiger partial charge in [-0.15, -0.1) is 0 Å². The maximum absolute atomic E-state index is 5.88. The largest absolute Gasteiger partial charge is 0.397 e.